The Labute approximate surface area is 314 Å². The minimum atomic E-state index is -0.293. The van der Waals surface area contributed by atoms with Crippen LogP contribution in [0, 0.1) is 0 Å². The summed E-state index contributed by atoms with van der Waals surface area (Å²) in [5, 5.41) is 17.0. The maximum absolute atomic E-state index is 12.3. The topological polar surface area (TPSA) is 50.9 Å². The van der Waals surface area contributed by atoms with Crippen LogP contribution in [0.25, 0.3) is 81.4 Å². The third kappa shape index (κ3) is 5.50. The number of hydrogen-bond donors (Lipinski definition) is 1. The van der Waals surface area contributed by atoms with Gasteiger partial charge < -0.3 is 5.11 Å². The second kappa shape index (κ2) is 12.1. The van der Waals surface area contributed by atoms with Crippen LogP contribution in [0.1, 0.15) is 52.7 Å². The van der Waals surface area contributed by atoms with Gasteiger partial charge in [0.15, 0.2) is 0 Å². The van der Waals surface area contributed by atoms with Gasteiger partial charge in [0.2, 0.25) is 0 Å². The van der Waals surface area contributed by atoms with E-state index < -0.39 is 0 Å². The second-order valence-corrected chi connectivity index (χ2v) is 17.2. The number of phenolic OH excluding ortho intramolecular Hbond substituents is 1. The van der Waals surface area contributed by atoms with Crippen molar-refractivity contribution in [1.82, 2.24) is 14.5 Å². The molecular weight excluding hydrogens is 667 g/mol. The molecular formula is C48H41N3OS. The van der Waals surface area contributed by atoms with Crippen molar-refractivity contribution >= 4 is 53.3 Å². The van der Waals surface area contributed by atoms with Crippen LogP contribution in [-0.2, 0) is 10.8 Å². The Kier molecular flexibility index (Phi) is 7.58. The number of para-hydroxylation sites is 1. The van der Waals surface area contributed by atoms with E-state index in [1.807, 2.05) is 29.7 Å². The Bertz CT molecular complexity index is 2860. The Morgan fingerprint density at radius 1 is 0.623 bits per heavy atom. The molecule has 0 saturated heterocycles. The number of nitrogens with zero attached hydrogens (tertiary/aromatic N) is 3. The van der Waals surface area contributed by atoms with Crippen molar-refractivity contribution < 1.29 is 5.11 Å². The van der Waals surface area contributed by atoms with Gasteiger partial charge in [-0.15, -0.1) is 11.3 Å². The average Bonchev–Trinajstić information content (AvgIpc) is 3.72. The quantitative estimate of drug-likeness (QED) is 0.198. The highest BCUT2D eigenvalue weighted by Crippen LogP contribution is 2.47. The van der Waals surface area contributed by atoms with Gasteiger partial charge in [-0.2, -0.15) is 0 Å². The normalized spacial score (nSPS) is 12.4. The van der Waals surface area contributed by atoms with Gasteiger partial charge in [0, 0.05) is 48.4 Å². The van der Waals surface area contributed by atoms with E-state index in [2.05, 4.69) is 161 Å². The van der Waals surface area contributed by atoms with Gasteiger partial charge in [0.25, 0.3) is 0 Å². The summed E-state index contributed by atoms with van der Waals surface area (Å²) >= 11 is 1.81. The number of phenols is 1. The molecule has 6 aromatic carbocycles. The third-order valence-electron chi connectivity index (χ3n) is 10.4. The zero-order valence-electron chi connectivity index (χ0n) is 30.9. The molecule has 9 aromatic rings. The molecule has 0 aliphatic heterocycles. The maximum Gasteiger partial charge on any atom is 0.149 e. The van der Waals surface area contributed by atoms with E-state index in [9.17, 15) is 5.11 Å². The first-order valence-electron chi connectivity index (χ1n) is 18.2. The van der Waals surface area contributed by atoms with E-state index in [1.165, 1.54) is 20.2 Å². The Balaban J connectivity index is 1.43. The summed E-state index contributed by atoms with van der Waals surface area (Å²) in [5.41, 5.74) is 9.37. The molecule has 3 aromatic heterocycles. The fraction of sp³-hybridized carbons (Fsp3) is 0.167. The minimum Gasteiger partial charge on any atom is -0.507 e. The summed E-state index contributed by atoms with van der Waals surface area (Å²) in [7, 11) is 0. The maximum atomic E-state index is 12.3. The Morgan fingerprint density at radius 2 is 1.36 bits per heavy atom. The molecule has 0 fully saturated rings. The van der Waals surface area contributed by atoms with Crippen molar-refractivity contribution in [3.8, 4) is 45.2 Å². The van der Waals surface area contributed by atoms with Crippen LogP contribution < -0.4 is 0 Å². The number of aromatic hydroxyl groups is 1. The summed E-state index contributed by atoms with van der Waals surface area (Å²) in [6, 6.07) is 45.1. The van der Waals surface area contributed by atoms with Crippen molar-refractivity contribution in [3.63, 3.8) is 0 Å². The average molecular weight is 708 g/mol. The fourth-order valence-electron chi connectivity index (χ4n) is 7.70. The molecule has 0 atom stereocenters. The number of benzene rings is 6. The van der Waals surface area contributed by atoms with Gasteiger partial charge in [0.05, 0.1) is 28.0 Å². The number of rotatable bonds is 4. The molecule has 0 aliphatic carbocycles. The lowest BCUT2D eigenvalue weighted by Crippen LogP contribution is -2.17. The summed E-state index contributed by atoms with van der Waals surface area (Å²) < 4.78 is 4.72. The van der Waals surface area contributed by atoms with Crippen LogP contribution in [0.2, 0.25) is 0 Å². The van der Waals surface area contributed by atoms with Crippen LogP contribution in [0.4, 0.5) is 0 Å². The third-order valence-corrected chi connectivity index (χ3v) is 11.6. The van der Waals surface area contributed by atoms with Crippen molar-refractivity contribution in [3.05, 3.63) is 145 Å². The Morgan fingerprint density at radius 3 is 2.13 bits per heavy atom. The number of fused-ring (bicyclic) bond motifs is 5. The van der Waals surface area contributed by atoms with Gasteiger partial charge in [-0.25, -0.2) is 4.98 Å². The summed E-state index contributed by atoms with van der Waals surface area (Å²) in [6.07, 6.45) is 1.85. The first-order valence-corrected chi connectivity index (χ1v) is 19.0. The molecule has 0 unspecified atom stereocenters. The molecule has 1 N–H and O–H groups in total. The van der Waals surface area contributed by atoms with E-state index in [0.29, 0.717) is 5.82 Å². The number of pyridine rings is 1. The molecule has 0 amide bonds. The smallest absolute Gasteiger partial charge is 0.149 e. The van der Waals surface area contributed by atoms with Gasteiger partial charge in [0.1, 0.15) is 11.6 Å². The van der Waals surface area contributed by atoms with Crippen molar-refractivity contribution in [2.24, 2.45) is 0 Å². The van der Waals surface area contributed by atoms with E-state index in [-0.39, 0.29) is 16.6 Å². The van der Waals surface area contributed by atoms with E-state index in [4.69, 9.17) is 9.97 Å². The van der Waals surface area contributed by atoms with Crippen molar-refractivity contribution in [2.45, 2.75) is 52.4 Å². The first-order chi connectivity index (χ1) is 25.5. The summed E-state index contributed by atoms with van der Waals surface area (Å²) in [6.45, 7) is 13.2. The van der Waals surface area contributed by atoms with Crippen LogP contribution >= 0.6 is 11.3 Å². The Hall–Kier alpha value is -5.78. The second-order valence-electron chi connectivity index (χ2n) is 16.1. The van der Waals surface area contributed by atoms with Crippen LogP contribution in [-0.4, -0.2) is 19.6 Å². The molecule has 260 valence electrons. The van der Waals surface area contributed by atoms with Gasteiger partial charge in [-0.3, -0.25) is 9.55 Å². The predicted molar refractivity (Wildman–Crippen MR) is 225 cm³/mol. The largest absolute Gasteiger partial charge is 0.507 e. The molecule has 0 spiro atoms. The van der Waals surface area contributed by atoms with Crippen LogP contribution in [0.3, 0.4) is 0 Å². The summed E-state index contributed by atoms with van der Waals surface area (Å²) in [5.74, 6) is 0.984. The van der Waals surface area contributed by atoms with Gasteiger partial charge >= 0.3 is 0 Å². The SMILES string of the molecule is CC(C)(C)c1cc(-c2nc3c(-c4cc(-c5ccccn5)cc5sc6ccccc6c45)cccc3n2-c2cccc3ccccc23)c(O)c(C(C)(C)C)c1. The fourth-order valence-corrected chi connectivity index (χ4v) is 8.87. The molecule has 5 heteroatoms. The zero-order valence-corrected chi connectivity index (χ0v) is 31.7. The molecule has 3 heterocycles. The molecule has 0 radical (unpaired) electrons. The predicted octanol–water partition coefficient (Wildman–Crippen LogP) is 13.2. The van der Waals surface area contributed by atoms with Crippen LogP contribution in [0.15, 0.2) is 134 Å². The molecule has 0 bridgehead atoms. The monoisotopic (exact) mass is 707 g/mol. The van der Waals surface area contributed by atoms with Gasteiger partial charge in [-0.05, 0) is 75.9 Å². The first kappa shape index (κ1) is 33.1. The lowest BCUT2D eigenvalue weighted by atomic mass is 9.79. The van der Waals surface area contributed by atoms with Crippen molar-refractivity contribution in [1.29, 1.82) is 0 Å². The molecule has 0 aliphatic rings. The standard InChI is InChI=1S/C48H41N3OS/c1-47(2,3)31-27-36(45(52)37(28-31)48(4,5)6)46-50-44-33(19-14-22-40(44)51(46)39-21-13-16-29-15-7-8-17-32(29)39)35-25-30(38-20-11-12-24-49-38)26-42-43(35)34-18-9-10-23-41(34)53-42/h7-28,52H,1-6H3. The molecule has 4 nitrogen and oxygen atoms in total. The number of thiophene rings is 1. The van der Waals surface area contributed by atoms with E-state index >= 15 is 0 Å². The lowest BCUT2D eigenvalue weighted by Gasteiger charge is -2.27. The molecule has 53 heavy (non-hydrogen) atoms. The summed E-state index contributed by atoms with van der Waals surface area (Å²) in [4.78, 5) is 10.4. The zero-order chi connectivity index (χ0) is 36.6. The minimum absolute atomic E-state index is 0.151. The number of aromatic nitrogens is 3. The molecule has 0 saturated carbocycles. The van der Waals surface area contributed by atoms with Gasteiger partial charge in [-0.1, -0.05) is 120 Å². The van der Waals surface area contributed by atoms with Crippen molar-refractivity contribution in [2.75, 3.05) is 0 Å². The lowest BCUT2D eigenvalue weighted by molar-refractivity contribution is 0.446. The van der Waals surface area contributed by atoms with E-state index in [0.717, 1.165) is 66.6 Å². The molecule has 9 rings (SSSR count). The number of imidazole rings is 1. The highest BCUT2D eigenvalue weighted by Gasteiger charge is 2.29. The highest BCUT2D eigenvalue weighted by atomic mass is 32.1. The highest BCUT2D eigenvalue weighted by molar-refractivity contribution is 7.26. The van der Waals surface area contributed by atoms with Crippen LogP contribution in [0.5, 0.6) is 5.75 Å². The van der Waals surface area contributed by atoms with E-state index in [1.54, 1.807) is 0 Å². The number of hydrogen-bond acceptors (Lipinski definition) is 4.